The highest BCUT2D eigenvalue weighted by Crippen LogP contribution is 2.33. The molecule has 1 aromatic heterocycles. The molecule has 1 aromatic carbocycles. The van der Waals surface area contributed by atoms with Gasteiger partial charge in [0.25, 0.3) is 0 Å². The number of carbonyl (C=O) groups is 2. The van der Waals surface area contributed by atoms with Gasteiger partial charge in [0.15, 0.2) is 0 Å². The van der Waals surface area contributed by atoms with E-state index in [4.69, 9.17) is 9.15 Å². The first-order chi connectivity index (χ1) is 13.8. The van der Waals surface area contributed by atoms with Crippen LogP contribution in [-0.2, 0) is 9.53 Å². The van der Waals surface area contributed by atoms with Crippen molar-refractivity contribution in [2.75, 3.05) is 7.11 Å². The lowest BCUT2D eigenvalue weighted by atomic mass is 9.86. The molecular weight excluding hydrogens is 375 g/mol. The van der Waals surface area contributed by atoms with E-state index in [0.29, 0.717) is 23.2 Å². The number of esters is 1. The molecule has 6 nitrogen and oxygen atoms in total. The molecule has 3 rings (SSSR count). The Kier molecular flexibility index (Phi) is 6.45. The van der Waals surface area contributed by atoms with Crippen molar-refractivity contribution in [1.29, 1.82) is 0 Å². The van der Waals surface area contributed by atoms with Crippen molar-refractivity contribution in [3.05, 3.63) is 35.3 Å². The van der Waals surface area contributed by atoms with Gasteiger partial charge in [-0.05, 0) is 50.3 Å². The summed E-state index contributed by atoms with van der Waals surface area (Å²) in [6, 6.07) is 3.68. The van der Waals surface area contributed by atoms with Crippen LogP contribution in [0.15, 0.2) is 22.6 Å². The molecule has 0 saturated heterocycles. The molecule has 0 aliphatic heterocycles. The molecule has 2 aromatic rings. The van der Waals surface area contributed by atoms with Crippen molar-refractivity contribution in [1.82, 2.24) is 10.6 Å². The van der Waals surface area contributed by atoms with Gasteiger partial charge in [-0.1, -0.05) is 20.3 Å². The second kappa shape index (κ2) is 8.84. The molecule has 3 atom stereocenters. The Balaban J connectivity index is 1.72. The third-order valence-electron chi connectivity index (χ3n) is 5.71. The van der Waals surface area contributed by atoms with Crippen molar-refractivity contribution in [3.63, 3.8) is 0 Å². The highest BCUT2D eigenvalue weighted by molar-refractivity contribution is 5.83. The molecule has 1 saturated carbocycles. The smallest absolute Gasteiger partial charge is 0.315 e. The summed E-state index contributed by atoms with van der Waals surface area (Å²) in [4.78, 5) is 24.5. The topological polar surface area (TPSA) is 80.6 Å². The predicted octanol–water partition coefficient (Wildman–Crippen LogP) is 4.61. The van der Waals surface area contributed by atoms with Gasteiger partial charge in [-0.3, -0.25) is 4.79 Å². The number of hydrogen-bond acceptors (Lipinski definition) is 4. The number of nitrogens with one attached hydrogen (secondary N) is 2. The molecule has 1 heterocycles. The fraction of sp³-hybridized carbons (Fsp3) is 0.545. The number of ether oxygens (including phenoxy) is 1. The maximum absolute atomic E-state index is 13.6. The molecule has 2 unspecified atom stereocenters. The zero-order valence-corrected chi connectivity index (χ0v) is 17.4. The Morgan fingerprint density at radius 3 is 2.72 bits per heavy atom. The average molecular weight is 404 g/mol. The summed E-state index contributed by atoms with van der Waals surface area (Å²) in [7, 11) is 1.39. The van der Waals surface area contributed by atoms with Gasteiger partial charge in [0, 0.05) is 17.0 Å². The van der Waals surface area contributed by atoms with E-state index in [1.165, 1.54) is 19.2 Å². The number of halogens is 1. The summed E-state index contributed by atoms with van der Waals surface area (Å²) in [5.41, 5.74) is 1.42. The van der Waals surface area contributed by atoms with Crippen LogP contribution in [-0.4, -0.2) is 25.2 Å². The Bertz CT molecular complexity index is 892. The van der Waals surface area contributed by atoms with Crippen LogP contribution in [0.2, 0.25) is 0 Å². The minimum atomic E-state index is -0.356. The van der Waals surface area contributed by atoms with Crippen molar-refractivity contribution in [3.8, 4) is 0 Å². The SMILES string of the molecule is COC(=O)C1CCCC(NC(=O)N[C@@H](c2oc3ccc(F)cc3c2C)C(C)C)C1. The van der Waals surface area contributed by atoms with Gasteiger partial charge in [0.1, 0.15) is 17.2 Å². The molecule has 1 aliphatic rings. The van der Waals surface area contributed by atoms with Crippen molar-refractivity contribution < 1.29 is 23.1 Å². The lowest BCUT2D eigenvalue weighted by molar-refractivity contribution is -0.146. The van der Waals surface area contributed by atoms with Gasteiger partial charge in [-0.25, -0.2) is 9.18 Å². The third-order valence-corrected chi connectivity index (χ3v) is 5.71. The van der Waals surface area contributed by atoms with Gasteiger partial charge in [0.2, 0.25) is 0 Å². The second-order valence-electron chi connectivity index (χ2n) is 8.15. The number of carbonyl (C=O) groups excluding carboxylic acids is 2. The monoisotopic (exact) mass is 404 g/mol. The minimum absolute atomic E-state index is 0.0685. The molecule has 0 bridgehead atoms. The maximum atomic E-state index is 13.6. The van der Waals surface area contributed by atoms with E-state index in [1.54, 1.807) is 6.07 Å². The number of benzene rings is 1. The maximum Gasteiger partial charge on any atom is 0.315 e. The van der Waals surface area contributed by atoms with Crippen LogP contribution in [0.4, 0.5) is 9.18 Å². The van der Waals surface area contributed by atoms with Gasteiger partial charge < -0.3 is 19.8 Å². The summed E-state index contributed by atoms with van der Waals surface area (Å²) in [6.45, 7) is 5.86. The first kappa shape index (κ1) is 21.1. The number of aryl methyl sites for hydroxylation is 1. The number of rotatable bonds is 5. The lowest BCUT2D eigenvalue weighted by Crippen LogP contribution is -2.46. The molecule has 1 fully saturated rings. The van der Waals surface area contributed by atoms with Crippen LogP contribution in [0.5, 0.6) is 0 Å². The Morgan fingerprint density at radius 2 is 2.03 bits per heavy atom. The molecule has 2 N–H and O–H groups in total. The molecule has 29 heavy (non-hydrogen) atoms. The molecule has 7 heteroatoms. The molecule has 1 aliphatic carbocycles. The standard InChI is InChI=1S/C22H29FN2O4/c1-12(2)19(20-13(3)17-11-15(23)8-9-18(17)29-20)25-22(27)24-16-7-5-6-14(10-16)21(26)28-4/h8-9,11-12,14,16,19H,5-7,10H2,1-4H3,(H2,24,25,27)/t14?,16?,19-/m1/s1. The van der Waals surface area contributed by atoms with E-state index < -0.39 is 0 Å². The lowest BCUT2D eigenvalue weighted by Gasteiger charge is -2.29. The van der Waals surface area contributed by atoms with Crippen LogP contribution in [0.25, 0.3) is 11.0 Å². The van der Waals surface area contributed by atoms with E-state index in [9.17, 15) is 14.0 Å². The van der Waals surface area contributed by atoms with Crippen molar-refractivity contribution in [2.24, 2.45) is 11.8 Å². The first-order valence-electron chi connectivity index (χ1n) is 10.1. The highest BCUT2D eigenvalue weighted by atomic mass is 19.1. The number of fused-ring (bicyclic) bond motifs is 1. The number of methoxy groups -OCH3 is 1. The number of urea groups is 1. The summed E-state index contributed by atoms with van der Waals surface area (Å²) < 4.78 is 24.4. The van der Waals surface area contributed by atoms with E-state index in [2.05, 4.69) is 10.6 Å². The Labute approximate surface area is 170 Å². The van der Waals surface area contributed by atoms with Gasteiger partial charge in [-0.15, -0.1) is 0 Å². The number of amides is 2. The summed E-state index contributed by atoms with van der Waals surface area (Å²) in [6.07, 6.45) is 3.06. The number of furan rings is 1. The van der Waals surface area contributed by atoms with E-state index in [-0.39, 0.29) is 41.7 Å². The Hall–Kier alpha value is -2.57. The average Bonchev–Trinajstić information content (AvgIpc) is 3.01. The molecule has 0 radical (unpaired) electrons. The van der Waals surface area contributed by atoms with Crippen LogP contribution in [0.1, 0.15) is 56.9 Å². The fourth-order valence-corrected chi connectivity index (χ4v) is 4.11. The second-order valence-corrected chi connectivity index (χ2v) is 8.15. The van der Waals surface area contributed by atoms with Gasteiger partial charge >= 0.3 is 12.0 Å². The van der Waals surface area contributed by atoms with Crippen LogP contribution in [0.3, 0.4) is 0 Å². The highest BCUT2D eigenvalue weighted by Gasteiger charge is 2.30. The normalized spacial score (nSPS) is 20.5. The van der Waals surface area contributed by atoms with Crippen molar-refractivity contribution in [2.45, 2.75) is 58.5 Å². The van der Waals surface area contributed by atoms with Crippen LogP contribution >= 0.6 is 0 Å². The van der Waals surface area contributed by atoms with Gasteiger partial charge in [-0.2, -0.15) is 0 Å². The first-order valence-corrected chi connectivity index (χ1v) is 10.1. The van der Waals surface area contributed by atoms with Gasteiger partial charge in [0.05, 0.1) is 19.1 Å². The van der Waals surface area contributed by atoms with E-state index in [1.807, 2.05) is 20.8 Å². The van der Waals surface area contributed by atoms with Crippen LogP contribution < -0.4 is 10.6 Å². The zero-order valence-electron chi connectivity index (χ0n) is 17.4. The Morgan fingerprint density at radius 1 is 1.28 bits per heavy atom. The summed E-state index contributed by atoms with van der Waals surface area (Å²) >= 11 is 0. The minimum Gasteiger partial charge on any atom is -0.469 e. The van der Waals surface area contributed by atoms with E-state index in [0.717, 1.165) is 24.8 Å². The predicted molar refractivity (Wildman–Crippen MR) is 108 cm³/mol. The fourth-order valence-electron chi connectivity index (χ4n) is 4.11. The molecular formula is C22H29FN2O4. The molecule has 158 valence electrons. The zero-order chi connectivity index (χ0) is 21.1. The largest absolute Gasteiger partial charge is 0.469 e. The molecule has 0 spiro atoms. The number of hydrogen-bond donors (Lipinski definition) is 2. The third kappa shape index (κ3) is 4.71. The summed E-state index contributed by atoms with van der Waals surface area (Å²) in [5, 5.41) is 6.70. The van der Waals surface area contributed by atoms with E-state index >= 15 is 0 Å². The quantitative estimate of drug-likeness (QED) is 0.713. The van der Waals surface area contributed by atoms with Crippen LogP contribution in [0, 0.1) is 24.6 Å². The van der Waals surface area contributed by atoms with Crippen molar-refractivity contribution >= 4 is 23.0 Å². The molecule has 2 amide bonds. The summed E-state index contributed by atoms with van der Waals surface area (Å²) in [5.74, 6) is -0.0161.